The van der Waals surface area contributed by atoms with Crippen LogP contribution in [0.25, 0.3) is 0 Å². The molecule has 0 aliphatic rings. The molecule has 2 aromatic rings. The van der Waals surface area contributed by atoms with Crippen LogP contribution in [0.15, 0.2) is 48.5 Å². The van der Waals surface area contributed by atoms with Gasteiger partial charge in [-0.2, -0.15) is 0 Å². The van der Waals surface area contributed by atoms with Crippen molar-refractivity contribution in [3.05, 3.63) is 65.2 Å². The third-order valence-corrected chi connectivity index (χ3v) is 4.09. The van der Waals surface area contributed by atoms with E-state index >= 15 is 0 Å². The van der Waals surface area contributed by atoms with Crippen LogP contribution in [0.3, 0.4) is 0 Å². The molecular weight excluding hydrogens is 316 g/mol. The molecule has 132 valence electrons. The molecule has 0 saturated carbocycles. The molecule has 0 unspecified atom stereocenters. The Hall–Kier alpha value is -2.66. The maximum atomic E-state index is 12.5. The summed E-state index contributed by atoms with van der Waals surface area (Å²) in [5, 5.41) is 11.9. The van der Waals surface area contributed by atoms with Crippen LogP contribution in [0.1, 0.15) is 34.8 Å². The first kappa shape index (κ1) is 18.7. The SMILES string of the molecule is CCC(=O)N(C)c1ccccc1C(=O)NCCc1ccc(CO)cc1. The highest BCUT2D eigenvalue weighted by atomic mass is 16.3. The summed E-state index contributed by atoms with van der Waals surface area (Å²) in [4.78, 5) is 25.9. The maximum absolute atomic E-state index is 12.5. The molecule has 2 N–H and O–H groups in total. The van der Waals surface area contributed by atoms with Crippen molar-refractivity contribution in [2.45, 2.75) is 26.4 Å². The van der Waals surface area contributed by atoms with E-state index in [0.29, 0.717) is 30.6 Å². The number of rotatable bonds is 7. The van der Waals surface area contributed by atoms with Crippen LogP contribution in [0.5, 0.6) is 0 Å². The highest BCUT2D eigenvalue weighted by Gasteiger charge is 2.16. The molecule has 0 radical (unpaired) electrons. The van der Waals surface area contributed by atoms with Gasteiger partial charge in [-0.3, -0.25) is 9.59 Å². The van der Waals surface area contributed by atoms with Crippen molar-refractivity contribution in [1.82, 2.24) is 5.32 Å². The maximum Gasteiger partial charge on any atom is 0.253 e. The number of nitrogens with one attached hydrogen (secondary N) is 1. The molecule has 0 atom stereocenters. The normalized spacial score (nSPS) is 10.4. The number of nitrogens with zero attached hydrogens (tertiary/aromatic N) is 1. The van der Waals surface area contributed by atoms with Crippen LogP contribution in [0, 0.1) is 0 Å². The van der Waals surface area contributed by atoms with Gasteiger partial charge < -0.3 is 15.3 Å². The predicted octanol–water partition coefficient (Wildman–Crippen LogP) is 2.52. The molecule has 5 nitrogen and oxygen atoms in total. The predicted molar refractivity (Wildman–Crippen MR) is 98.5 cm³/mol. The van der Waals surface area contributed by atoms with Crippen molar-refractivity contribution in [3.63, 3.8) is 0 Å². The molecule has 0 heterocycles. The molecule has 25 heavy (non-hydrogen) atoms. The van der Waals surface area contributed by atoms with Gasteiger partial charge in [-0.05, 0) is 29.7 Å². The van der Waals surface area contributed by atoms with Gasteiger partial charge >= 0.3 is 0 Å². The smallest absolute Gasteiger partial charge is 0.253 e. The second-order valence-corrected chi connectivity index (χ2v) is 5.80. The first-order valence-corrected chi connectivity index (χ1v) is 8.39. The number of aliphatic hydroxyl groups excluding tert-OH is 1. The largest absolute Gasteiger partial charge is 0.392 e. The molecule has 0 spiro atoms. The molecular formula is C20H24N2O3. The van der Waals surface area contributed by atoms with E-state index in [-0.39, 0.29) is 18.4 Å². The highest BCUT2D eigenvalue weighted by molar-refractivity contribution is 6.04. The minimum atomic E-state index is -0.196. The Morgan fingerprint density at radius 2 is 1.68 bits per heavy atom. The Morgan fingerprint density at radius 3 is 2.32 bits per heavy atom. The third kappa shape index (κ3) is 4.90. The summed E-state index contributed by atoms with van der Waals surface area (Å²) in [7, 11) is 1.68. The number of hydrogen-bond donors (Lipinski definition) is 2. The van der Waals surface area contributed by atoms with E-state index in [4.69, 9.17) is 5.11 Å². The second kappa shape index (κ2) is 8.99. The summed E-state index contributed by atoms with van der Waals surface area (Å²) < 4.78 is 0. The van der Waals surface area contributed by atoms with E-state index in [0.717, 1.165) is 11.1 Å². The Kier molecular flexibility index (Phi) is 6.71. The van der Waals surface area contributed by atoms with Crippen LogP contribution in [-0.2, 0) is 17.8 Å². The number of aliphatic hydroxyl groups is 1. The van der Waals surface area contributed by atoms with Gasteiger partial charge in [-0.1, -0.05) is 43.3 Å². The van der Waals surface area contributed by atoms with Crippen molar-refractivity contribution in [1.29, 1.82) is 0 Å². The zero-order valence-corrected chi connectivity index (χ0v) is 14.7. The Bertz CT molecular complexity index is 726. The van der Waals surface area contributed by atoms with Crippen LogP contribution < -0.4 is 10.2 Å². The lowest BCUT2D eigenvalue weighted by Gasteiger charge is -2.19. The van der Waals surface area contributed by atoms with E-state index in [1.165, 1.54) is 4.90 Å². The van der Waals surface area contributed by atoms with Gasteiger partial charge in [-0.15, -0.1) is 0 Å². The molecule has 0 bridgehead atoms. The fourth-order valence-electron chi connectivity index (χ4n) is 2.56. The third-order valence-electron chi connectivity index (χ3n) is 4.09. The van der Waals surface area contributed by atoms with Gasteiger partial charge in [0.1, 0.15) is 0 Å². The lowest BCUT2D eigenvalue weighted by molar-refractivity contribution is -0.118. The van der Waals surface area contributed by atoms with Crippen LogP contribution >= 0.6 is 0 Å². The van der Waals surface area contributed by atoms with Gasteiger partial charge in [-0.25, -0.2) is 0 Å². The molecule has 0 aliphatic carbocycles. The van der Waals surface area contributed by atoms with Crippen molar-refractivity contribution >= 4 is 17.5 Å². The summed E-state index contributed by atoms with van der Waals surface area (Å²) in [6.45, 7) is 2.32. The molecule has 2 rings (SSSR count). The quantitative estimate of drug-likeness (QED) is 0.814. The Morgan fingerprint density at radius 1 is 1.04 bits per heavy atom. The van der Waals surface area contributed by atoms with Gasteiger partial charge in [0.15, 0.2) is 0 Å². The van der Waals surface area contributed by atoms with Gasteiger partial charge in [0.2, 0.25) is 5.91 Å². The number of carbonyl (C=O) groups is 2. The lowest BCUT2D eigenvalue weighted by Crippen LogP contribution is -2.31. The summed E-state index contributed by atoms with van der Waals surface area (Å²) in [6, 6.07) is 14.7. The van der Waals surface area contributed by atoms with Gasteiger partial charge in [0.25, 0.3) is 5.91 Å². The molecule has 2 aromatic carbocycles. The van der Waals surface area contributed by atoms with Crippen LogP contribution in [0.4, 0.5) is 5.69 Å². The van der Waals surface area contributed by atoms with Gasteiger partial charge in [0, 0.05) is 20.0 Å². The molecule has 2 amide bonds. The van der Waals surface area contributed by atoms with Crippen LogP contribution in [0.2, 0.25) is 0 Å². The summed E-state index contributed by atoms with van der Waals surface area (Å²) >= 11 is 0. The lowest BCUT2D eigenvalue weighted by atomic mass is 10.1. The molecule has 0 aliphatic heterocycles. The fourth-order valence-corrected chi connectivity index (χ4v) is 2.56. The minimum Gasteiger partial charge on any atom is -0.392 e. The highest BCUT2D eigenvalue weighted by Crippen LogP contribution is 2.19. The molecule has 0 aromatic heterocycles. The van der Waals surface area contributed by atoms with E-state index in [1.807, 2.05) is 30.3 Å². The first-order valence-electron chi connectivity index (χ1n) is 8.39. The average molecular weight is 340 g/mol. The minimum absolute atomic E-state index is 0.0256. The van der Waals surface area contributed by atoms with Crippen LogP contribution in [-0.4, -0.2) is 30.5 Å². The fraction of sp³-hybridized carbons (Fsp3) is 0.300. The Labute approximate surface area is 148 Å². The van der Waals surface area contributed by atoms with E-state index in [9.17, 15) is 9.59 Å². The number of benzene rings is 2. The van der Waals surface area contributed by atoms with Crippen molar-refractivity contribution in [2.24, 2.45) is 0 Å². The number of carbonyl (C=O) groups excluding carboxylic acids is 2. The average Bonchev–Trinajstić information content (AvgIpc) is 2.67. The van der Waals surface area contributed by atoms with Crippen molar-refractivity contribution < 1.29 is 14.7 Å². The van der Waals surface area contributed by atoms with Crippen molar-refractivity contribution in [2.75, 3.05) is 18.5 Å². The molecule has 0 fully saturated rings. The monoisotopic (exact) mass is 340 g/mol. The van der Waals surface area contributed by atoms with E-state index in [2.05, 4.69) is 5.32 Å². The van der Waals surface area contributed by atoms with E-state index < -0.39 is 0 Å². The molecule has 0 saturated heterocycles. The number of para-hydroxylation sites is 1. The second-order valence-electron chi connectivity index (χ2n) is 5.80. The standard InChI is InChI=1S/C20H24N2O3/c1-3-19(24)22(2)18-7-5-4-6-17(18)20(25)21-13-12-15-8-10-16(14-23)11-9-15/h4-11,23H,3,12-14H2,1-2H3,(H,21,25). The summed E-state index contributed by atoms with van der Waals surface area (Å²) in [5.41, 5.74) is 3.05. The summed E-state index contributed by atoms with van der Waals surface area (Å²) in [5.74, 6) is -0.234. The zero-order chi connectivity index (χ0) is 18.2. The van der Waals surface area contributed by atoms with Gasteiger partial charge in [0.05, 0.1) is 17.9 Å². The van der Waals surface area contributed by atoms with E-state index in [1.54, 1.807) is 32.2 Å². The number of amides is 2. The topological polar surface area (TPSA) is 69.6 Å². The zero-order valence-electron chi connectivity index (χ0n) is 14.7. The first-order chi connectivity index (χ1) is 12.1. The summed E-state index contributed by atoms with van der Waals surface area (Å²) in [6.07, 6.45) is 1.08. The number of anilines is 1. The number of hydrogen-bond acceptors (Lipinski definition) is 3. The molecule has 5 heteroatoms. The van der Waals surface area contributed by atoms with Crippen molar-refractivity contribution in [3.8, 4) is 0 Å². The Balaban J connectivity index is 1.99.